The van der Waals surface area contributed by atoms with Crippen LogP contribution in [-0.2, 0) is 0 Å². The summed E-state index contributed by atoms with van der Waals surface area (Å²) in [5.41, 5.74) is 13.9. The summed E-state index contributed by atoms with van der Waals surface area (Å²) in [5.74, 6) is 0.692. The fraction of sp³-hybridized carbons (Fsp3) is 0. The van der Waals surface area contributed by atoms with Gasteiger partial charge in [-0.3, -0.25) is 0 Å². The summed E-state index contributed by atoms with van der Waals surface area (Å²) in [6, 6.07) is 70.2. The maximum atomic E-state index is 6.52. The first-order chi connectivity index (χ1) is 29.7. The van der Waals surface area contributed by atoms with Gasteiger partial charge in [-0.05, 0) is 58.7 Å². The summed E-state index contributed by atoms with van der Waals surface area (Å²) in [4.78, 5) is 15.5. The predicted octanol–water partition coefficient (Wildman–Crippen LogP) is 15.3. The predicted molar refractivity (Wildman–Crippen MR) is 250 cm³/mol. The van der Waals surface area contributed by atoms with E-state index in [-0.39, 0.29) is 0 Å². The Labute approximate surface area is 349 Å². The molecule has 0 saturated carbocycles. The minimum absolute atomic E-state index is 0.692. The number of rotatable bonds is 6. The Morgan fingerprint density at radius 3 is 1.85 bits per heavy atom. The lowest BCUT2D eigenvalue weighted by Crippen LogP contribution is -1.96. The van der Waals surface area contributed by atoms with E-state index in [1.165, 1.54) is 25.7 Å². The van der Waals surface area contributed by atoms with Gasteiger partial charge < -0.3 is 4.42 Å². The van der Waals surface area contributed by atoms with Gasteiger partial charge in [-0.2, -0.15) is 0 Å². The summed E-state index contributed by atoms with van der Waals surface area (Å²) in [6.45, 7) is 0. The van der Waals surface area contributed by atoms with Crippen LogP contribution in [0.15, 0.2) is 205 Å². The molecule has 0 radical (unpaired) electrons. The van der Waals surface area contributed by atoms with Crippen molar-refractivity contribution in [1.29, 1.82) is 0 Å². The number of nitrogens with zero attached hydrogens (tertiary/aromatic N) is 3. The van der Waals surface area contributed by atoms with Gasteiger partial charge in [0, 0.05) is 58.6 Å². The van der Waals surface area contributed by atoms with E-state index >= 15 is 0 Å². The van der Waals surface area contributed by atoms with Crippen molar-refractivity contribution in [3.8, 4) is 67.4 Å². The molecule has 0 unspecified atom stereocenters. The molecule has 12 rings (SSSR count). The van der Waals surface area contributed by atoms with Gasteiger partial charge in [-0.15, -0.1) is 11.3 Å². The van der Waals surface area contributed by atoms with Crippen LogP contribution in [0.5, 0.6) is 0 Å². The topological polar surface area (TPSA) is 51.8 Å². The lowest BCUT2D eigenvalue weighted by Gasteiger charge is -2.12. The first-order valence-corrected chi connectivity index (χ1v) is 20.9. The first-order valence-electron chi connectivity index (χ1n) is 20.1. The zero-order chi connectivity index (χ0) is 39.6. The Hall–Kier alpha value is -7.73. The van der Waals surface area contributed by atoms with Crippen molar-refractivity contribution in [3.05, 3.63) is 200 Å². The van der Waals surface area contributed by atoms with E-state index in [9.17, 15) is 0 Å². The smallest absolute Gasteiger partial charge is 0.162 e. The largest absolute Gasteiger partial charge is 0.454 e. The molecule has 0 spiro atoms. The van der Waals surface area contributed by atoms with E-state index < -0.39 is 0 Å². The van der Waals surface area contributed by atoms with Gasteiger partial charge in [0.25, 0.3) is 0 Å². The van der Waals surface area contributed by atoms with Crippen molar-refractivity contribution in [1.82, 2.24) is 15.0 Å². The van der Waals surface area contributed by atoms with Gasteiger partial charge >= 0.3 is 0 Å². The van der Waals surface area contributed by atoms with Crippen molar-refractivity contribution in [3.63, 3.8) is 0 Å². The Bertz CT molecular complexity index is 3590. The van der Waals surface area contributed by atoms with Crippen molar-refractivity contribution >= 4 is 64.4 Å². The number of thiophene rings is 1. The minimum atomic E-state index is 0.692. The van der Waals surface area contributed by atoms with Crippen LogP contribution in [0, 0.1) is 0 Å². The zero-order valence-electron chi connectivity index (χ0n) is 32.2. The zero-order valence-corrected chi connectivity index (χ0v) is 33.0. The Morgan fingerprint density at radius 2 is 1.02 bits per heavy atom. The molecule has 280 valence electrons. The second-order valence-electron chi connectivity index (χ2n) is 15.1. The number of hydrogen-bond donors (Lipinski definition) is 0. The van der Waals surface area contributed by atoms with E-state index in [2.05, 4.69) is 152 Å². The number of para-hydroxylation sites is 1. The maximum absolute atomic E-state index is 6.52. The van der Waals surface area contributed by atoms with Crippen LogP contribution in [-0.4, -0.2) is 15.0 Å². The molecular formula is C55H33N3OS. The van der Waals surface area contributed by atoms with Gasteiger partial charge in [0.05, 0.1) is 16.9 Å². The highest BCUT2D eigenvalue weighted by atomic mass is 32.1. The monoisotopic (exact) mass is 783 g/mol. The van der Waals surface area contributed by atoms with Crippen LogP contribution in [0.3, 0.4) is 0 Å². The van der Waals surface area contributed by atoms with Gasteiger partial charge in [0.1, 0.15) is 11.3 Å². The lowest BCUT2D eigenvalue weighted by molar-refractivity contribution is 0.669. The third-order valence-corrected chi connectivity index (χ3v) is 12.7. The molecule has 0 bridgehead atoms. The van der Waals surface area contributed by atoms with Gasteiger partial charge in [0.15, 0.2) is 11.4 Å². The number of fused-ring (bicyclic) bond motifs is 8. The third kappa shape index (κ3) is 5.78. The van der Waals surface area contributed by atoms with Crippen molar-refractivity contribution in [2.75, 3.05) is 0 Å². The van der Waals surface area contributed by atoms with Crippen LogP contribution in [0.2, 0.25) is 0 Å². The summed E-state index contributed by atoms with van der Waals surface area (Å²) < 4.78 is 9.12. The average Bonchev–Trinajstić information content (AvgIpc) is 3.91. The Balaban J connectivity index is 0.950. The normalized spacial score (nSPS) is 11.7. The molecule has 0 fully saturated rings. The molecule has 0 aliphatic rings. The standard InChI is InChI=1S/C55H33N3OS/c1-3-13-36(14-4-1)52-53-51(44-20-7-9-23-49(44)59-53)45-32-38(29-30-46(45)56-52)34-25-27-35(28-26-34)47-33-48(58-55(57-47)37-15-5-2-6-16-37)40-18-11-17-39(31-40)41-21-12-22-43-42-19-8-10-24-50(42)60-54(41)43/h1-33H. The summed E-state index contributed by atoms with van der Waals surface area (Å²) in [7, 11) is 0. The Morgan fingerprint density at radius 1 is 0.383 bits per heavy atom. The van der Waals surface area contributed by atoms with Crippen molar-refractivity contribution in [2.45, 2.75) is 0 Å². The number of pyridine rings is 1. The molecule has 0 aliphatic heterocycles. The minimum Gasteiger partial charge on any atom is -0.454 e. The second kappa shape index (κ2) is 14.0. The second-order valence-corrected chi connectivity index (χ2v) is 16.2. The number of furan rings is 1. The molecule has 4 aromatic heterocycles. The molecule has 0 aliphatic carbocycles. The van der Waals surface area contributed by atoms with Crippen LogP contribution in [0.1, 0.15) is 0 Å². The third-order valence-electron chi connectivity index (χ3n) is 11.5. The molecule has 4 heterocycles. The molecule has 0 amide bonds. The molecule has 5 heteroatoms. The van der Waals surface area contributed by atoms with E-state index in [0.29, 0.717) is 5.82 Å². The first kappa shape index (κ1) is 34.3. The van der Waals surface area contributed by atoms with E-state index in [1.807, 2.05) is 59.9 Å². The van der Waals surface area contributed by atoms with Crippen molar-refractivity contribution < 1.29 is 4.42 Å². The number of hydrogen-bond acceptors (Lipinski definition) is 5. The number of benzene rings is 8. The number of aromatic nitrogens is 3. The Kier molecular flexibility index (Phi) is 8.00. The molecule has 60 heavy (non-hydrogen) atoms. The molecule has 4 nitrogen and oxygen atoms in total. The molecule has 12 aromatic rings. The maximum Gasteiger partial charge on any atom is 0.162 e. The molecule has 0 N–H and O–H groups in total. The molecular weight excluding hydrogens is 751 g/mol. The van der Waals surface area contributed by atoms with E-state index in [0.717, 1.165) is 88.9 Å². The highest BCUT2D eigenvalue weighted by Gasteiger charge is 2.19. The molecule has 8 aromatic carbocycles. The van der Waals surface area contributed by atoms with Gasteiger partial charge in [-0.25, -0.2) is 15.0 Å². The van der Waals surface area contributed by atoms with E-state index in [1.54, 1.807) is 0 Å². The summed E-state index contributed by atoms with van der Waals surface area (Å²) in [6.07, 6.45) is 0. The van der Waals surface area contributed by atoms with Crippen LogP contribution in [0.4, 0.5) is 0 Å². The highest BCUT2D eigenvalue weighted by Crippen LogP contribution is 2.42. The highest BCUT2D eigenvalue weighted by molar-refractivity contribution is 7.26. The van der Waals surface area contributed by atoms with Gasteiger partial charge in [0.2, 0.25) is 0 Å². The lowest BCUT2D eigenvalue weighted by atomic mass is 9.97. The average molecular weight is 784 g/mol. The summed E-state index contributed by atoms with van der Waals surface area (Å²) in [5, 5.41) is 5.82. The summed E-state index contributed by atoms with van der Waals surface area (Å²) >= 11 is 1.85. The van der Waals surface area contributed by atoms with Crippen LogP contribution < -0.4 is 0 Å². The molecule has 0 atom stereocenters. The van der Waals surface area contributed by atoms with Gasteiger partial charge in [-0.1, -0.05) is 164 Å². The fourth-order valence-electron chi connectivity index (χ4n) is 8.57. The fourth-order valence-corrected chi connectivity index (χ4v) is 9.81. The molecule has 0 saturated heterocycles. The van der Waals surface area contributed by atoms with Crippen LogP contribution in [0.25, 0.3) is 120 Å². The quantitative estimate of drug-likeness (QED) is 0.169. The van der Waals surface area contributed by atoms with Crippen LogP contribution >= 0.6 is 11.3 Å². The van der Waals surface area contributed by atoms with E-state index in [4.69, 9.17) is 19.4 Å². The SMILES string of the molecule is c1ccc(-c2nc(-c3ccc(-c4ccc5nc(-c6ccccc6)c6oc7ccccc7c6c5c4)cc3)cc(-c3cccc(-c4cccc5c4sc4ccccc45)c3)n2)cc1. The van der Waals surface area contributed by atoms with Crippen molar-refractivity contribution in [2.24, 2.45) is 0 Å².